The third-order valence-electron chi connectivity index (χ3n) is 2.90. The summed E-state index contributed by atoms with van der Waals surface area (Å²) in [7, 11) is -3.50. The largest absolute Gasteiger partial charge is 0.320 e. The summed E-state index contributed by atoms with van der Waals surface area (Å²) in [5.74, 6) is 5.59. The molecule has 4 nitrogen and oxygen atoms in total. The van der Waals surface area contributed by atoms with Gasteiger partial charge in [-0.05, 0) is 31.0 Å². The second-order valence-electron chi connectivity index (χ2n) is 4.50. The zero-order chi connectivity index (χ0) is 15.2. The molecule has 0 unspecified atom stereocenters. The van der Waals surface area contributed by atoms with E-state index >= 15 is 0 Å². The molecule has 5 heteroatoms. The van der Waals surface area contributed by atoms with Crippen LogP contribution in [0.15, 0.2) is 23.1 Å². The number of rotatable bonds is 5. The summed E-state index contributed by atoms with van der Waals surface area (Å²) in [4.78, 5) is 0.263. The molecule has 0 aliphatic heterocycles. The topological polar surface area (TPSA) is 63.4 Å². The average Bonchev–Trinajstić information content (AvgIpc) is 2.42. The number of sulfonamides is 1. The van der Waals surface area contributed by atoms with Crippen LogP contribution in [0.2, 0.25) is 0 Å². The van der Waals surface area contributed by atoms with Crippen LogP contribution in [0.3, 0.4) is 0 Å². The molecule has 0 aliphatic carbocycles. The van der Waals surface area contributed by atoms with Crippen molar-refractivity contribution in [3.63, 3.8) is 0 Å². The van der Waals surface area contributed by atoms with Gasteiger partial charge in [-0.1, -0.05) is 31.8 Å². The minimum Gasteiger partial charge on any atom is -0.320 e. The molecule has 20 heavy (non-hydrogen) atoms. The van der Waals surface area contributed by atoms with Gasteiger partial charge in [-0.15, -0.1) is 0 Å². The Morgan fingerprint density at radius 2 is 2.00 bits per heavy atom. The zero-order valence-corrected chi connectivity index (χ0v) is 13.1. The maximum absolute atomic E-state index is 12.7. The van der Waals surface area contributed by atoms with Crippen molar-refractivity contribution in [2.75, 3.05) is 19.6 Å². The number of nitrogens with two attached hydrogens (primary N) is 1. The summed E-state index contributed by atoms with van der Waals surface area (Å²) in [6, 6.07) is 5.21. The van der Waals surface area contributed by atoms with Gasteiger partial charge in [0, 0.05) is 18.7 Å². The maximum atomic E-state index is 12.7. The Bertz CT molecular complexity index is 612. The van der Waals surface area contributed by atoms with E-state index in [9.17, 15) is 8.42 Å². The van der Waals surface area contributed by atoms with Crippen molar-refractivity contribution in [2.24, 2.45) is 5.73 Å². The molecular formula is C15H22N2O2S. The van der Waals surface area contributed by atoms with Crippen molar-refractivity contribution in [3.8, 4) is 11.8 Å². The molecule has 0 radical (unpaired) electrons. The van der Waals surface area contributed by atoms with Gasteiger partial charge in [-0.25, -0.2) is 8.42 Å². The first-order valence-corrected chi connectivity index (χ1v) is 8.21. The Kier molecular flexibility index (Phi) is 6.21. The van der Waals surface area contributed by atoms with Gasteiger partial charge in [0.15, 0.2) is 0 Å². The van der Waals surface area contributed by atoms with Gasteiger partial charge >= 0.3 is 0 Å². The van der Waals surface area contributed by atoms with E-state index in [4.69, 9.17) is 5.73 Å². The molecule has 0 bridgehead atoms. The van der Waals surface area contributed by atoms with Gasteiger partial charge in [0.2, 0.25) is 10.0 Å². The smallest absolute Gasteiger partial charge is 0.244 e. The zero-order valence-electron chi connectivity index (χ0n) is 12.3. The van der Waals surface area contributed by atoms with Crippen LogP contribution < -0.4 is 5.73 Å². The average molecular weight is 294 g/mol. The predicted molar refractivity (Wildman–Crippen MR) is 81.8 cm³/mol. The Morgan fingerprint density at radius 1 is 1.30 bits per heavy atom. The van der Waals surface area contributed by atoms with Crippen LogP contribution in [0, 0.1) is 18.8 Å². The molecule has 0 fully saturated rings. The highest BCUT2D eigenvalue weighted by molar-refractivity contribution is 7.89. The van der Waals surface area contributed by atoms with Crippen molar-refractivity contribution in [2.45, 2.75) is 32.1 Å². The fourth-order valence-electron chi connectivity index (χ4n) is 1.95. The highest BCUT2D eigenvalue weighted by Crippen LogP contribution is 2.21. The molecule has 0 saturated heterocycles. The number of nitrogens with zero attached hydrogens (tertiary/aromatic N) is 1. The molecule has 2 N–H and O–H groups in total. The van der Waals surface area contributed by atoms with Gasteiger partial charge < -0.3 is 5.73 Å². The van der Waals surface area contributed by atoms with Gasteiger partial charge in [0.25, 0.3) is 0 Å². The van der Waals surface area contributed by atoms with Crippen molar-refractivity contribution in [3.05, 3.63) is 29.3 Å². The molecule has 0 heterocycles. The second kappa shape index (κ2) is 7.44. The van der Waals surface area contributed by atoms with Crippen LogP contribution in [-0.4, -0.2) is 32.4 Å². The molecule has 110 valence electrons. The number of hydrogen-bond donors (Lipinski definition) is 1. The number of benzene rings is 1. The summed E-state index contributed by atoms with van der Waals surface area (Å²) in [6.45, 7) is 6.88. The third-order valence-corrected chi connectivity index (χ3v) is 4.94. The van der Waals surface area contributed by atoms with E-state index in [1.54, 1.807) is 18.2 Å². The Morgan fingerprint density at radius 3 is 2.55 bits per heavy atom. The lowest BCUT2D eigenvalue weighted by Crippen LogP contribution is -2.32. The SMILES string of the molecule is CCCN(CC)S(=O)(=O)c1ccc(C)cc1C#CCN. The highest BCUT2D eigenvalue weighted by Gasteiger charge is 2.24. The lowest BCUT2D eigenvalue weighted by Gasteiger charge is -2.20. The molecule has 0 spiro atoms. The van der Waals surface area contributed by atoms with E-state index in [0.717, 1.165) is 12.0 Å². The molecule has 0 amide bonds. The van der Waals surface area contributed by atoms with E-state index in [1.165, 1.54) is 4.31 Å². The van der Waals surface area contributed by atoms with E-state index in [0.29, 0.717) is 18.7 Å². The monoisotopic (exact) mass is 294 g/mol. The molecule has 0 aromatic heterocycles. The number of aryl methyl sites for hydroxylation is 1. The number of hydrogen-bond acceptors (Lipinski definition) is 3. The summed E-state index contributed by atoms with van der Waals surface area (Å²) < 4.78 is 26.8. The van der Waals surface area contributed by atoms with Crippen molar-refractivity contribution in [1.82, 2.24) is 4.31 Å². The van der Waals surface area contributed by atoms with Crippen molar-refractivity contribution >= 4 is 10.0 Å². The van der Waals surface area contributed by atoms with Crippen molar-refractivity contribution < 1.29 is 8.42 Å². The normalized spacial score (nSPS) is 11.2. The van der Waals surface area contributed by atoms with E-state index < -0.39 is 10.0 Å². The first kappa shape index (κ1) is 16.7. The van der Waals surface area contributed by atoms with Crippen LogP contribution in [0.1, 0.15) is 31.4 Å². The van der Waals surface area contributed by atoms with Crippen molar-refractivity contribution in [1.29, 1.82) is 0 Å². The minimum atomic E-state index is -3.50. The van der Waals surface area contributed by atoms with Crippen LogP contribution >= 0.6 is 0 Å². The quantitative estimate of drug-likeness (QED) is 0.841. The summed E-state index contributed by atoms with van der Waals surface area (Å²) in [5, 5.41) is 0. The van der Waals surface area contributed by atoms with E-state index in [-0.39, 0.29) is 11.4 Å². The first-order valence-electron chi connectivity index (χ1n) is 6.77. The minimum absolute atomic E-state index is 0.208. The van der Waals surface area contributed by atoms with Gasteiger partial charge in [0.1, 0.15) is 0 Å². The van der Waals surface area contributed by atoms with Crippen LogP contribution in [0.4, 0.5) is 0 Å². The highest BCUT2D eigenvalue weighted by atomic mass is 32.2. The summed E-state index contributed by atoms with van der Waals surface area (Å²) >= 11 is 0. The van der Waals surface area contributed by atoms with E-state index in [2.05, 4.69) is 11.8 Å². The van der Waals surface area contributed by atoms with Gasteiger partial charge in [-0.3, -0.25) is 0 Å². The van der Waals surface area contributed by atoms with Crippen LogP contribution in [0.5, 0.6) is 0 Å². The van der Waals surface area contributed by atoms with Crippen LogP contribution in [-0.2, 0) is 10.0 Å². The Labute approximate surface area is 122 Å². The molecule has 0 aliphatic rings. The van der Waals surface area contributed by atoms with Gasteiger partial charge in [-0.2, -0.15) is 4.31 Å². The first-order chi connectivity index (χ1) is 9.47. The van der Waals surface area contributed by atoms with Crippen LogP contribution in [0.25, 0.3) is 0 Å². The summed E-state index contributed by atoms with van der Waals surface area (Å²) in [6.07, 6.45) is 0.780. The third kappa shape index (κ3) is 3.83. The second-order valence-corrected chi connectivity index (χ2v) is 6.41. The predicted octanol–water partition coefficient (Wildman–Crippen LogP) is 1.73. The molecular weight excluding hydrogens is 272 g/mol. The molecule has 1 rings (SSSR count). The molecule has 0 saturated carbocycles. The fourth-order valence-corrected chi connectivity index (χ4v) is 3.62. The standard InChI is InChI=1S/C15H22N2O2S/c1-4-11-17(5-2)20(18,19)15-9-8-13(3)12-14(15)7-6-10-16/h8-9,12H,4-5,10-11,16H2,1-3H3. The lowest BCUT2D eigenvalue weighted by molar-refractivity contribution is 0.427. The maximum Gasteiger partial charge on any atom is 0.244 e. The summed E-state index contributed by atoms with van der Waals surface area (Å²) in [5.41, 5.74) is 6.87. The lowest BCUT2D eigenvalue weighted by atomic mass is 10.1. The van der Waals surface area contributed by atoms with E-state index in [1.807, 2.05) is 20.8 Å². The Hall–Kier alpha value is -1.35. The molecule has 1 aromatic rings. The Balaban J connectivity index is 3.37. The van der Waals surface area contributed by atoms with Gasteiger partial charge in [0.05, 0.1) is 11.4 Å². The molecule has 0 atom stereocenters. The fraction of sp³-hybridized carbons (Fsp3) is 0.467. The molecule has 1 aromatic carbocycles.